The topological polar surface area (TPSA) is 20.2 Å². The molecule has 0 aromatic carbocycles. The maximum atomic E-state index is 11.1. The van der Waals surface area contributed by atoms with Crippen molar-refractivity contribution < 1.29 is 36.1 Å². The van der Waals surface area contributed by atoms with Gasteiger partial charge < -0.3 is 6.53 Å². The van der Waals surface area contributed by atoms with Gasteiger partial charge in [-0.05, 0) is 61.7 Å². The van der Waals surface area contributed by atoms with Gasteiger partial charge in [0.05, 0.1) is 5.60 Å². The van der Waals surface area contributed by atoms with E-state index in [1.807, 2.05) is 0 Å². The van der Waals surface area contributed by atoms with Crippen LogP contribution in [0, 0.1) is 29.6 Å². The quantitative estimate of drug-likeness (QED) is 0.681. The summed E-state index contributed by atoms with van der Waals surface area (Å²) < 4.78 is 0. The third-order valence-corrected chi connectivity index (χ3v) is 5.85. The summed E-state index contributed by atoms with van der Waals surface area (Å²) in [4.78, 5) is 0. The molecular weight excluding hydrogens is 207 g/mol. The molecule has 1 N–H and O–H groups in total. The van der Waals surface area contributed by atoms with Crippen molar-refractivity contribution in [2.45, 2.75) is 58.0 Å². The molecule has 0 heterocycles. The largest absolute Gasteiger partial charge is 1.00 e. The van der Waals surface area contributed by atoms with E-state index < -0.39 is 0 Å². The van der Waals surface area contributed by atoms with Gasteiger partial charge in [-0.25, -0.2) is 0 Å². The first kappa shape index (κ1) is 13.4. The number of aliphatic hydroxyl groups is 1. The van der Waals surface area contributed by atoms with Gasteiger partial charge in [-0.1, -0.05) is 20.3 Å². The SMILES string of the molecule is CCC(C)C1(O)C2CC3CC(C2)CC1C3.[H-].[Na+]. The Bertz CT molecular complexity index is 241. The average molecular weight is 232 g/mol. The number of hydrogen-bond acceptors (Lipinski definition) is 1. The van der Waals surface area contributed by atoms with Crippen LogP contribution in [0.4, 0.5) is 0 Å². The van der Waals surface area contributed by atoms with Crippen LogP contribution >= 0.6 is 0 Å². The van der Waals surface area contributed by atoms with Gasteiger partial charge in [0, 0.05) is 0 Å². The molecule has 2 heteroatoms. The summed E-state index contributed by atoms with van der Waals surface area (Å²) in [6, 6.07) is 0. The Morgan fingerprint density at radius 3 is 1.94 bits per heavy atom. The predicted octanol–water partition coefficient (Wildman–Crippen LogP) is 0.336. The minimum Gasteiger partial charge on any atom is -1.00 e. The first-order chi connectivity index (χ1) is 7.14. The third kappa shape index (κ3) is 1.74. The van der Waals surface area contributed by atoms with Crippen LogP contribution in [0.1, 0.15) is 53.8 Å². The molecular formula is C14H25NaO. The smallest absolute Gasteiger partial charge is 1.00 e. The molecule has 1 atom stereocenters. The zero-order chi connectivity index (χ0) is 10.6. The minimum absolute atomic E-state index is 0. The number of rotatable bonds is 2. The molecule has 4 fully saturated rings. The summed E-state index contributed by atoms with van der Waals surface area (Å²) >= 11 is 0. The van der Waals surface area contributed by atoms with E-state index in [0.29, 0.717) is 17.8 Å². The van der Waals surface area contributed by atoms with Crippen molar-refractivity contribution >= 4 is 0 Å². The van der Waals surface area contributed by atoms with Crippen molar-refractivity contribution in [1.82, 2.24) is 0 Å². The summed E-state index contributed by atoms with van der Waals surface area (Å²) in [5.41, 5.74) is -0.290. The van der Waals surface area contributed by atoms with Gasteiger partial charge in [0.2, 0.25) is 0 Å². The summed E-state index contributed by atoms with van der Waals surface area (Å²) in [6.45, 7) is 4.50. The zero-order valence-electron chi connectivity index (χ0n) is 12.1. The molecule has 1 nitrogen and oxygen atoms in total. The van der Waals surface area contributed by atoms with Gasteiger partial charge in [0.15, 0.2) is 0 Å². The molecule has 4 bridgehead atoms. The normalized spacial score (nSPS) is 51.2. The maximum Gasteiger partial charge on any atom is 1.00 e. The molecule has 4 rings (SSSR count). The summed E-state index contributed by atoms with van der Waals surface area (Å²) in [7, 11) is 0. The molecule has 0 saturated heterocycles. The third-order valence-electron chi connectivity index (χ3n) is 5.85. The molecule has 4 aliphatic rings. The summed E-state index contributed by atoms with van der Waals surface area (Å²) in [6.07, 6.45) is 7.92. The van der Waals surface area contributed by atoms with Crippen LogP contribution in [-0.4, -0.2) is 10.7 Å². The molecule has 0 radical (unpaired) electrons. The first-order valence-electron chi connectivity index (χ1n) is 6.86. The van der Waals surface area contributed by atoms with Gasteiger partial charge in [-0.3, -0.25) is 0 Å². The predicted molar refractivity (Wildman–Crippen MR) is 62.6 cm³/mol. The van der Waals surface area contributed by atoms with E-state index in [2.05, 4.69) is 13.8 Å². The van der Waals surface area contributed by atoms with Crippen LogP contribution in [0.25, 0.3) is 0 Å². The Balaban J connectivity index is 0.000000722. The van der Waals surface area contributed by atoms with Crippen molar-refractivity contribution in [2.24, 2.45) is 29.6 Å². The Morgan fingerprint density at radius 1 is 1.12 bits per heavy atom. The second kappa shape index (κ2) is 4.57. The van der Waals surface area contributed by atoms with Crippen LogP contribution in [0.3, 0.4) is 0 Å². The van der Waals surface area contributed by atoms with E-state index in [0.717, 1.165) is 18.3 Å². The average Bonchev–Trinajstić information content (AvgIpc) is 2.23. The van der Waals surface area contributed by atoms with Crippen LogP contribution < -0.4 is 29.6 Å². The summed E-state index contributed by atoms with van der Waals surface area (Å²) in [5.74, 6) is 3.73. The number of hydrogen-bond donors (Lipinski definition) is 1. The van der Waals surface area contributed by atoms with Crippen molar-refractivity contribution in [3.8, 4) is 0 Å². The maximum absolute atomic E-state index is 11.1. The van der Waals surface area contributed by atoms with E-state index in [1.165, 1.54) is 32.1 Å². The van der Waals surface area contributed by atoms with E-state index in [9.17, 15) is 5.11 Å². The molecule has 0 amide bonds. The van der Waals surface area contributed by atoms with Crippen molar-refractivity contribution in [3.05, 3.63) is 0 Å². The zero-order valence-corrected chi connectivity index (χ0v) is 13.1. The van der Waals surface area contributed by atoms with Gasteiger partial charge in [0.25, 0.3) is 0 Å². The van der Waals surface area contributed by atoms with Gasteiger partial charge in [-0.15, -0.1) is 0 Å². The molecule has 4 aliphatic carbocycles. The monoisotopic (exact) mass is 232 g/mol. The molecule has 4 saturated carbocycles. The first-order valence-corrected chi connectivity index (χ1v) is 6.86. The van der Waals surface area contributed by atoms with Crippen molar-refractivity contribution in [1.29, 1.82) is 0 Å². The van der Waals surface area contributed by atoms with Crippen molar-refractivity contribution in [2.75, 3.05) is 0 Å². The fourth-order valence-corrected chi connectivity index (χ4v) is 5.07. The van der Waals surface area contributed by atoms with Gasteiger partial charge in [0.1, 0.15) is 0 Å². The molecule has 0 spiro atoms. The fourth-order valence-electron chi connectivity index (χ4n) is 5.07. The summed E-state index contributed by atoms with van der Waals surface area (Å²) in [5, 5.41) is 11.1. The van der Waals surface area contributed by atoms with E-state index in [-0.39, 0.29) is 36.6 Å². The molecule has 88 valence electrons. The second-order valence-corrected chi connectivity index (χ2v) is 6.50. The Labute approximate surface area is 123 Å². The molecule has 0 aromatic heterocycles. The van der Waals surface area contributed by atoms with Crippen LogP contribution in [0.2, 0.25) is 0 Å². The van der Waals surface area contributed by atoms with Crippen LogP contribution in [0.5, 0.6) is 0 Å². The minimum atomic E-state index is -0.290. The Hall–Kier alpha value is 0.960. The molecule has 16 heavy (non-hydrogen) atoms. The molecule has 0 aromatic rings. The molecule has 0 aliphatic heterocycles. The standard InChI is InChI=1S/C14H24O.Na.H/c1-3-9(2)14(15)12-5-10-4-11(7-12)8-13(14)6-10;;/h9-13,15H,3-8H2,1-2H3;;/q;+1;-1. The van der Waals surface area contributed by atoms with Crippen LogP contribution in [0.15, 0.2) is 0 Å². The van der Waals surface area contributed by atoms with E-state index in [4.69, 9.17) is 0 Å². The van der Waals surface area contributed by atoms with Gasteiger partial charge in [-0.2, -0.15) is 0 Å². The fraction of sp³-hybridized carbons (Fsp3) is 1.00. The second-order valence-electron chi connectivity index (χ2n) is 6.50. The molecule has 1 unspecified atom stereocenters. The van der Waals surface area contributed by atoms with E-state index >= 15 is 0 Å². The van der Waals surface area contributed by atoms with Gasteiger partial charge >= 0.3 is 29.6 Å². The Kier molecular flexibility index (Phi) is 3.82. The van der Waals surface area contributed by atoms with Crippen molar-refractivity contribution in [3.63, 3.8) is 0 Å². The van der Waals surface area contributed by atoms with Crippen LogP contribution in [-0.2, 0) is 0 Å². The van der Waals surface area contributed by atoms with E-state index in [1.54, 1.807) is 0 Å². The Morgan fingerprint density at radius 2 is 1.56 bits per heavy atom.